The van der Waals surface area contributed by atoms with Crippen LogP contribution in [-0.2, 0) is 0 Å². The van der Waals surface area contributed by atoms with E-state index < -0.39 is 0 Å². The van der Waals surface area contributed by atoms with Crippen LogP contribution in [0.15, 0.2) is 24.3 Å². The molecule has 0 aliphatic carbocycles. The summed E-state index contributed by atoms with van der Waals surface area (Å²) < 4.78 is 11.1. The predicted molar refractivity (Wildman–Crippen MR) is 85.7 cm³/mol. The number of aryl methyl sites for hydroxylation is 1. The maximum Gasteiger partial charge on any atom is 0.322 e. The van der Waals surface area contributed by atoms with Gasteiger partial charge in [-0.05, 0) is 25.0 Å². The summed E-state index contributed by atoms with van der Waals surface area (Å²) in [6.45, 7) is 5.86. The molecule has 0 aromatic heterocycles. The first-order chi connectivity index (χ1) is 10.7. The Bertz CT molecular complexity index is 598. The van der Waals surface area contributed by atoms with Gasteiger partial charge in [-0.1, -0.05) is 25.5 Å². The highest BCUT2D eigenvalue weighted by atomic mass is 16.6. The van der Waals surface area contributed by atoms with Gasteiger partial charge in [-0.2, -0.15) is 0 Å². The maximum atomic E-state index is 12.5. The van der Waals surface area contributed by atoms with Crippen LogP contribution in [0.1, 0.15) is 25.3 Å². The molecule has 1 N–H and O–H groups in total. The van der Waals surface area contributed by atoms with Crippen molar-refractivity contribution in [1.29, 1.82) is 0 Å². The van der Waals surface area contributed by atoms with Crippen LogP contribution in [0.2, 0.25) is 0 Å². The second-order valence-electron chi connectivity index (χ2n) is 5.68. The third kappa shape index (κ3) is 2.89. The van der Waals surface area contributed by atoms with Gasteiger partial charge in [-0.15, -0.1) is 0 Å². The van der Waals surface area contributed by atoms with E-state index >= 15 is 0 Å². The molecule has 1 aromatic carbocycles. The first-order valence-electron chi connectivity index (χ1n) is 7.83. The van der Waals surface area contributed by atoms with E-state index in [0.717, 1.165) is 29.8 Å². The quantitative estimate of drug-likeness (QED) is 0.871. The number of nitrogens with one attached hydrogen (secondary N) is 1. The zero-order chi connectivity index (χ0) is 15.5. The van der Waals surface area contributed by atoms with E-state index in [1.807, 2.05) is 24.0 Å². The Labute approximate surface area is 130 Å². The number of carbonyl (C=O) groups excluding carboxylic acids is 1. The Kier molecular flexibility index (Phi) is 4.22. The minimum atomic E-state index is -0.0665. The van der Waals surface area contributed by atoms with Crippen molar-refractivity contribution in [3.8, 4) is 11.5 Å². The fourth-order valence-electron chi connectivity index (χ4n) is 2.86. The number of ether oxygens (including phenoxy) is 2. The molecule has 1 unspecified atom stereocenters. The summed E-state index contributed by atoms with van der Waals surface area (Å²) in [6, 6.07) is 3.89. The van der Waals surface area contributed by atoms with Gasteiger partial charge in [0, 0.05) is 18.3 Å². The molecule has 0 bridgehead atoms. The molecule has 118 valence electrons. The van der Waals surface area contributed by atoms with Crippen molar-refractivity contribution in [3.63, 3.8) is 0 Å². The number of nitrogens with zero attached hydrogens (tertiary/aromatic N) is 1. The van der Waals surface area contributed by atoms with Crippen molar-refractivity contribution < 1.29 is 14.3 Å². The van der Waals surface area contributed by atoms with Gasteiger partial charge >= 0.3 is 6.03 Å². The lowest BCUT2D eigenvalue weighted by Gasteiger charge is -2.26. The highest BCUT2D eigenvalue weighted by Crippen LogP contribution is 2.35. The minimum absolute atomic E-state index is 0.0665. The molecule has 2 heterocycles. The molecule has 1 aromatic rings. The monoisotopic (exact) mass is 302 g/mol. The van der Waals surface area contributed by atoms with Gasteiger partial charge in [-0.25, -0.2) is 4.79 Å². The van der Waals surface area contributed by atoms with Crippen LogP contribution in [0.5, 0.6) is 11.5 Å². The zero-order valence-electron chi connectivity index (χ0n) is 13.1. The molecule has 5 heteroatoms. The largest absolute Gasteiger partial charge is 0.486 e. The second kappa shape index (κ2) is 6.30. The van der Waals surface area contributed by atoms with Crippen molar-refractivity contribution in [3.05, 3.63) is 29.8 Å². The van der Waals surface area contributed by atoms with Crippen LogP contribution in [-0.4, -0.2) is 36.7 Å². The predicted octanol–water partition coefficient (Wildman–Crippen LogP) is 3.34. The summed E-state index contributed by atoms with van der Waals surface area (Å²) in [5.41, 5.74) is 1.74. The van der Waals surface area contributed by atoms with E-state index in [4.69, 9.17) is 9.47 Å². The Balaban J connectivity index is 1.74. The number of carbonyl (C=O) groups is 1. The van der Waals surface area contributed by atoms with Crippen molar-refractivity contribution in [2.24, 2.45) is 0 Å². The molecule has 0 saturated heterocycles. The van der Waals surface area contributed by atoms with Gasteiger partial charge in [0.25, 0.3) is 0 Å². The van der Waals surface area contributed by atoms with E-state index in [-0.39, 0.29) is 12.1 Å². The van der Waals surface area contributed by atoms with E-state index in [9.17, 15) is 4.79 Å². The van der Waals surface area contributed by atoms with Crippen LogP contribution in [0.3, 0.4) is 0 Å². The molecule has 3 rings (SSSR count). The average molecular weight is 302 g/mol. The molecule has 2 aliphatic heterocycles. The van der Waals surface area contributed by atoms with E-state index in [1.54, 1.807) is 0 Å². The highest BCUT2D eigenvalue weighted by molar-refractivity contribution is 5.91. The second-order valence-corrected chi connectivity index (χ2v) is 5.68. The number of hydrogen-bond donors (Lipinski definition) is 1. The number of fused-ring (bicyclic) bond motifs is 1. The molecule has 1 atom stereocenters. The Hall–Kier alpha value is -2.17. The van der Waals surface area contributed by atoms with E-state index in [2.05, 4.69) is 24.4 Å². The molecular weight excluding hydrogens is 280 g/mol. The molecule has 5 nitrogen and oxygen atoms in total. The molecule has 0 saturated carbocycles. The SMILES string of the molecule is CCCC1C=CCN1C(=O)Nc1cc2c(cc1C)OCCO2. The topological polar surface area (TPSA) is 50.8 Å². The van der Waals surface area contributed by atoms with Crippen molar-refractivity contribution in [2.75, 3.05) is 25.1 Å². The molecule has 0 spiro atoms. The summed E-state index contributed by atoms with van der Waals surface area (Å²) in [5.74, 6) is 1.44. The van der Waals surface area contributed by atoms with Crippen LogP contribution >= 0.6 is 0 Å². The van der Waals surface area contributed by atoms with Gasteiger partial charge in [0.1, 0.15) is 13.2 Å². The molecule has 2 aliphatic rings. The van der Waals surface area contributed by atoms with Gasteiger partial charge in [0.05, 0.1) is 6.04 Å². The van der Waals surface area contributed by atoms with Crippen LogP contribution < -0.4 is 14.8 Å². The first-order valence-corrected chi connectivity index (χ1v) is 7.83. The van der Waals surface area contributed by atoms with Gasteiger partial charge in [0.2, 0.25) is 0 Å². The summed E-state index contributed by atoms with van der Waals surface area (Å²) >= 11 is 0. The molecule has 22 heavy (non-hydrogen) atoms. The molecule has 0 radical (unpaired) electrons. The lowest BCUT2D eigenvalue weighted by molar-refractivity contribution is 0.171. The number of hydrogen-bond acceptors (Lipinski definition) is 3. The summed E-state index contributed by atoms with van der Waals surface area (Å²) in [7, 11) is 0. The van der Waals surface area contributed by atoms with E-state index in [0.29, 0.717) is 25.5 Å². The zero-order valence-corrected chi connectivity index (χ0v) is 13.1. The lowest BCUT2D eigenvalue weighted by atomic mass is 10.1. The minimum Gasteiger partial charge on any atom is -0.486 e. The standard InChI is InChI=1S/C17H22N2O3/c1-3-5-13-6-4-7-19(13)17(20)18-14-11-16-15(10-12(14)2)21-8-9-22-16/h4,6,10-11,13H,3,5,7-9H2,1-2H3,(H,18,20). The maximum absolute atomic E-state index is 12.5. The number of amides is 2. The third-order valence-corrected chi connectivity index (χ3v) is 4.04. The number of benzene rings is 1. The molecular formula is C17H22N2O3. The van der Waals surface area contributed by atoms with Crippen LogP contribution in [0.25, 0.3) is 0 Å². The van der Waals surface area contributed by atoms with Gasteiger partial charge < -0.3 is 19.7 Å². The smallest absolute Gasteiger partial charge is 0.322 e. The Morgan fingerprint density at radius 2 is 2.05 bits per heavy atom. The number of rotatable bonds is 3. The van der Waals surface area contributed by atoms with Crippen molar-refractivity contribution in [2.45, 2.75) is 32.7 Å². The Morgan fingerprint density at radius 3 is 2.77 bits per heavy atom. The summed E-state index contributed by atoms with van der Waals surface area (Å²) in [6.07, 6.45) is 6.21. The van der Waals surface area contributed by atoms with Crippen LogP contribution in [0.4, 0.5) is 10.5 Å². The average Bonchev–Trinajstić information content (AvgIpc) is 2.97. The van der Waals surface area contributed by atoms with Gasteiger partial charge in [-0.3, -0.25) is 0 Å². The van der Waals surface area contributed by atoms with Gasteiger partial charge in [0.15, 0.2) is 11.5 Å². The normalized spacial score (nSPS) is 19.4. The van der Waals surface area contributed by atoms with Crippen molar-refractivity contribution >= 4 is 11.7 Å². The fourth-order valence-corrected chi connectivity index (χ4v) is 2.86. The van der Waals surface area contributed by atoms with Crippen LogP contribution in [0, 0.1) is 6.92 Å². The Morgan fingerprint density at radius 1 is 1.32 bits per heavy atom. The number of anilines is 1. The third-order valence-electron chi connectivity index (χ3n) is 4.04. The van der Waals surface area contributed by atoms with Crippen molar-refractivity contribution in [1.82, 2.24) is 4.90 Å². The molecule has 0 fully saturated rings. The summed E-state index contributed by atoms with van der Waals surface area (Å²) in [5, 5.41) is 3.00. The summed E-state index contributed by atoms with van der Waals surface area (Å²) in [4.78, 5) is 14.4. The molecule has 2 amide bonds. The van der Waals surface area contributed by atoms with E-state index in [1.165, 1.54) is 0 Å². The first kappa shape index (κ1) is 14.8. The number of urea groups is 1. The fraction of sp³-hybridized carbons (Fsp3) is 0.471. The highest BCUT2D eigenvalue weighted by Gasteiger charge is 2.25. The lowest BCUT2D eigenvalue weighted by Crippen LogP contribution is -2.39.